The molecule has 0 radical (unpaired) electrons. The normalized spacial score (nSPS) is 16.5. The Morgan fingerprint density at radius 2 is 2.15 bits per heavy atom. The van der Waals surface area contributed by atoms with Crippen molar-refractivity contribution in [3.8, 4) is 0 Å². The van der Waals surface area contributed by atoms with Gasteiger partial charge >= 0.3 is 0 Å². The van der Waals surface area contributed by atoms with Gasteiger partial charge in [0.15, 0.2) is 0 Å². The molecule has 0 aromatic carbocycles. The molecule has 26 heavy (non-hydrogen) atoms. The second-order valence-corrected chi connectivity index (χ2v) is 7.16. The first-order chi connectivity index (χ1) is 12.0. The summed E-state index contributed by atoms with van der Waals surface area (Å²) in [5.74, 6) is 0.0837. The minimum Gasteiger partial charge on any atom is -0.384 e. The number of piperidine rings is 1. The maximum Gasteiger partial charge on any atom is 0.257 e. The Hall–Kier alpha value is -1.70. The van der Waals surface area contributed by atoms with Gasteiger partial charge < -0.3 is 19.9 Å². The summed E-state index contributed by atoms with van der Waals surface area (Å²) < 4.78 is 10.6. The van der Waals surface area contributed by atoms with E-state index < -0.39 is 0 Å². The highest BCUT2D eigenvalue weighted by Gasteiger charge is 2.32. The van der Waals surface area contributed by atoms with Crippen LogP contribution in [0.3, 0.4) is 0 Å². The van der Waals surface area contributed by atoms with Crippen molar-refractivity contribution in [2.45, 2.75) is 32.6 Å². The van der Waals surface area contributed by atoms with E-state index in [2.05, 4.69) is 20.8 Å². The number of carbonyl (C=O) groups is 1. The number of fused-ring (bicyclic) bond motifs is 1. The molecule has 1 aliphatic heterocycles. The van der Waals surface area contributed by atoms with Crippen LogP contribution in [-0.4, -0.2) is 49.4 Å². The minimum atomic E-state index is -0.126. The molecule has 7 nitrogen and oxygen atoms in total. The van der Waals surface area contributed by atoms with Crippen LogP contribution in [0.5, 0.6) is 0 Å². The number of halogens is 1. The molecule has 0 unspecified atom stereocenters. The van der Waals surface area contributed by atoms with Crippen LogP contribution in [0, 0.1) is 5.41 Å². The standard InChI is InChI=1S/C18H26N4O3.ClH/c1-12(2)15-14-8-13(9-20-17(14)25-22-15)16(23)21-10-18(11-24-3)4-6-19-7-5-18;/h8-9,12,19H,4-7,10-11H2,1-3H3,(H,21,23);1H. The highest BCUT2D eigenvalue weighted by molar-refractivity contribution is 5.97. The van der Waals surface area contributed by atoms with Crippen LogP contribution < -0.4 is 10.6 Å². The lowest BCUT2D eigenvalue weighted by atomic mass is 9.79. The molecular formula is C18H27ClN4O3. The molecule has 0 bridgehead atoms. The fraction of sp³-hybridized carbons (Fsp3) is 0.611. The minimum absolute atomic E-state index is 0. The van der Waals surface area contributed by atoms with Crippen LogP contribution >= 0.6 is 12.4 Å². The monoisotopic (exact) mass is 382 g/mol. The Kier molecular flexibility index (Phi) is 6.97. The Balaban J connectivity index is 0.00000243. The second kappa shape index (κ2) is 8.79. The van der Waals surface area contributed by atoms with Gasteiger partial charge in [0.2, 0.25) is 0 Å². The molecule has 3 rings (SSSR count). The topological polar surface area (TPSA) is 89.3 Å². The zero-order valence-corrected chi connectivity index (χ0v) is 16.3. The van der Waals surface area contributed by atoms with E-state index in [0.717, 1.165) is 37.0 Å². The predicted molar refractivity (Wildman–Crippen MR) is 102 cm³/mol. The first kappa shape index (κ1) is 20.6. The van der Waals surface area contributed by atoms with Crippen LogP contribution in [0.15, 0.2) is 16.8 Å². The van der Waals surface area contributed by atoms with Crippen molar-refractivity contribution in [1.29, 1.82) is 0 Å². The molecule has 2 aromatic rings. The molecular weight excluding hydrogens is 356 g/mol. The molecule has 1 saturated heterocycles. The molecule has 0 atom stereocenters. The summed E-state index contributed by atoms with van der Waals surface area (Å²) in [6.07, 6.45) is 3.52. The van der Waals surface area contributed by atoms with Gasteiger partial charge in [-0.15, -0.1) is 12.4 Å². The number of methoxy groups -OCH3 is 1. The molecule has 1 fully saturated rings. The fourth-order valence-electron chi connectivity index (χ4n) is 3.40. The maximum atomic E-state index is 12.6. The van der Waals surface area contributed by atoms with E-state index in [1.54, 1.807) is 13.3 Å². The average molecular weight is 383 g/mol. The van der Waals surface area contributed by atoms with E-state index in [1.165, 1.54) is 0 Å². The number of hydrogen-bond acceptors (Lipinski definition) is 6. The van der Waals surface area contributed by atoms with Gasteiger partial charge in [-0.05, 0) is 37.9 Å². The quantitative estimate of drug-likeness (QED) is 0.797. The molecule has 0 aliphatic carbocycles. The van der Waals surface area contributed by atoms with Crippen molar-refractivity contribution in [3.63, 3.8) is 0 Å². The van der Waals surface area contributed by atoms with Gasteiger partial charge in [-0.1, -0.05) is 19.0 Å². The molecule has 8 heteroatoms. The van der Waals surface area contributed by atoms with E-state index >= 15 is 0 Å². The van der Waals surface area contributed by atoms with Gasteiger partial charge in [-0.2, -0.15) is 0 Å². The summed E-state index contributed by atoms with van der Waals surface area (Å²) in [6.45, 7) is 7.22. The molecule has 3 heterocycles. The third kappa shape index (κ3) is 4.34. The van der Waals surface area contributed by atoms with Gasteiger partial charge in [-0.3, -0.25) is 4.79 Å². The van der Waals surface area contributed by atoms with Crippen molar-refractivity contribution in [1.82, 2.24) is 20.8 Å². The van der Waals surface area contributed by atoms with Crippen LogP contribution in [0.1, 0.15) is 48.7 Å². The summed E-state index contributed by atoms with van der Waals surface area (Å²) in [6, 6.07) is 1.81. The van der Waals surface area contributed by atoms with E-state index in [9.17, 15) is 4.79 Å². The molecule has 2 aromatic heterocycles. The van der Waals surface area contributed by atoms with Gasteiger partial charge in [0.25, 0.3) is 11.6 Å². The third-order valence-electron chi connectivity index (χ3n) is 4.91. The zero-order valence-electron chi connectivity index (χ0n) is 15.5. The van der Waals surface area contributed by atoms with Crippen molar-refractivity contribution in [2.75, 3.05) is 33.4 Å². The Bertz CT molecular complexity index is 736. The SMILES string of the molecule is COCC1(CNC(=O)c2cnc3onc(C(C)C)c3c2)CCNCC1.Cl. The number of rotatable bonds is 6. The van der Waals surface area contributed by atoms with E-state index in [0.29, 0.717) is 24.4 Å². The Morgan fingerprint density at radius 1 is 1.42 bits per heavy atom. The third-order valence-corrected chi connectivity index (χ3v) is 4.91. The zero-order chi connectivity index (χ0) is 17.9. The van der Waals surface area contributed by atoms with E-state index in [-0.39, 0.29) is 29.6 Å². The molecule has 2 N–H and O–H groups in total. The van der Waals surface area contributed by atoms with Crippen molar-refractivity contribution in [2.24, 2.45) is 5.41 Å². The smallest absolute Gasteiger partial charge is 0.257 e. The summed E-state index contributed by atoms with van der Waals surface area (Å²) >= 11 is 0. The Labute approximate surface area is 159 Å². The lowest BCUT2D eigenvalue weighted by Gasteiger charge is -2.37. The van der Waals surface area contributed by atoms with Crippen LogP contribution in [-0.2, 0) is 4.74 Å². The average Bonchev–Trinajstić information content (AvgIpc) is 3.04. The molecule has 0 spiro atoms. The summed E-state index contributed by atoms with van der Waals surface area (Å²) in [5.41, 5.74) is 1.81. The first-order valence-corrected chi connectivity index (χ1v) is 8.78. The number of ether oxygens (including phenoxy) is 1. The van der Waals surface area contributed by atoms with Gasteiger partial charge in [0, 0.05) is 25.3 Å². The van der Waals surface area contributed by atoms with Crippen LogP contribution in [0.4, 0.5) is 0 Å². The van der Waals surface area contributed by atoms with Crippen molar-refractivity contribution < 1.29 is 14.1 Å². The van der Waals surface area contributed by atoms with Crippen LogP contribution in [0.25, 0.3) is 11.1 Å². The second-order valence-electron chi connectivity index (χ2n) is 7.16. The summed E-state index contributed by atoms with van der Waals surface area (Å²) in [7, 11) is 1.71. The van der Waals surface area contributed by atoms with Crippen molar-refractivity contribution in [3.05, 3.63) is 23.5 Å². The van der Waals surface area contributed by atoms with Crippen LogP contribution in [0.2, 0.25) is 0 Å². The lowest BCUT2D eigenvalue weighted by Crippen LogP contribution is -2.47. The van der Waals surface area contributed by atoms with Gasteiger partial charge in [0.1, 0.15) is 0 Å². The number of aromatic nitrogens is 2. The molecule has 1 aliphatic rings. The molecule has 0 saturated carbocycles. The summed E-state index contributed by atoms with van der Waals surface area (Å²) in [5, 5.41) is 11.3. The number of nitrogens with one attached hydrogen (secondary N) is 2. The fourth-order valence-corrected chi connectivity index (χ4v) is 3.40. The first-order valence-electron chi connectivity index (χ1n) is 8.78. The maximum absolute atomic E-state index is 12.6. The predicted octanol–water partition coefficient (Wildman–Crippen LogP) is 2.51. The highest BCUT2D eigenvalue weighted by atomic mass is 35.5. The van der Waals surface area contributed by atoms with Gasteiger partial charge in [-0.25, -0.2) is 4.98 Å². The Morgan fingerprint density at radius 3 is 2.81 bits per heavy atom. The number of nitrogens with zero attached hydrogens (tertiary/aromatic N) is 2. The van der Waals surface area contributed by atoms with Crippen molar-refractivity contribution >= 4 is 29.4 Å². The van der Waals surface area contributed by atoms with E-state index in [4.69, 9.17) is 9.26 Å². The van der Waals surface area contributed by atoms with E-state index in [1.807, 2.05) is 19.9 Å². The lowest BCUT2D eigenvalue weighted by molar-refractivity contribution is 0.0511. The molecule has 144 valence electrons. The molecule has 1 amide bonds. The number of carbonyl (C=O) groups excluding carboxylic acids is 1. The number of pyridine rings is 1. The number of amides is 1. The largest absolute Gasteiger partial charge is 0.384 e. The van der Waals surface area contributed by atoms with Gasteiger partial charge in [0.05, 0.1) is 23.3 Å². The summed E-state index contributed by atoms with van der Waals surface area (Å²) in [4.78, 5) is 16.9. The number of hydrogen-bond donors (Lipinski definition) is 2. The highest BCUT2D eigenvalue weighted by Crippen LogP contribution is 2.28.